The standard InChI is InChI=1S/C19H20FN3O4/c1-26-15-6-7-17(27-2)16(10-15)22-19(25)21-13-9-18(24)23(11-13)14-5-3-4-12(20)8-14/h3-8,10,13H,9,11H2,1-2H3,(H2,21,22,25)/t13-/m0/s1. The van der Waals surface area contributed by atoms with Crippen LogP contribution in [0.25, 0.3) is 0 Å². The predicted octanol–water partition coefficient (Wildman–Crippen LogP) is 2.77. The summed E-state index contributed by atoms with van der Waals surface area (Å²) in [5.74, 6) is 0.457. The predicted molar refractivity (Wildman–Crippen MR) is 98.9 cm³/mol. The summed E-state index contributed by atoms with van der Waals surface area (Å²) in [6, 6.07) is 9.98. The Labute approximate surface area is 156 Å². The molecule has 3 amide bonds. The van der Waals surface area contributed by atoms with Gasteiger partial charge in [0.05, 0.1) is 25.9 Å². The molecular weight excluding hydrogens is 353 g/mol. The topological polar surface area (TPSA) is 79.9 Å². The van der Waals surface area contributed by atoms with Crippen LogP contribution in [-0.2, 0) is 4.79 Å². The molecule has 0 unspecified atom stereocenters. The van der Waals surface area contributed by atoms with Gasteiger partial charge >= 0.3 is 6.03 Å². The third-order valence-electron chi connectivity index (χ3n) is 4.23. The molecule has 8 heteroatoms. The van der Waals surface area contributed by atoms with E-state index in [9.17, 15) is 14.0 Å². The zero-order valence-electron chi connectivity index (χ0n) is 15.0. The first-order valence-corrected chi connectivity index (χ1v) is 8.35. The lowest BCUT2D eigenvalue weighted by Gasteiger charge is -2.18. The van der Waals surface area contributed by atoms with Crippen molar-refractivity contribution in [1.82, 2.24) is 5.32 Å². The van der Waals surface area contributed by atoms with Crippen molar-refractivity contribution in [3.05, 3.63) is 48.3 Å². The normalized spacial score (nSPS) is 16.2. The number of hydrogen-bond acceptors (Lipinski definition) is 4. The molecule has 142 valence electrons. The van der Waals surface area contributed by atoms with E-state index >= 15 is 0 Å². The average Bonchev–Trinajstić information content (AvgIpc) is 3.01. The Bertz CT molecular complexity index is 859. The fourth-order valence-corrected chi connectivity index (χ4v) is 2.95. The molecule has 2 N–H and O–H groups in total. The maximum Gasteiger partial charge on any atom is 0.319 e. The number of rotatable bonds is 5. The van der Waals surface area contributed by atoms with Crippen LogP contribution in [0.3, 0.4) is 0 Å². The molecular formula is C19H20FN3O4. The number of halogens is 1. The van der Waals surface area contributed by atoms with Crippen LogP contribution in [0, 0.1) is 5.82 Å². The number of urea groups is 1. The molecule has 1 atom stereocenters. The van der Waals surface area contributed by atoms with Gasteiger partial charge in [0.25, 0.3) is 0 Å². The smallest absolute Gasteiger partial charge is 0.319 e. The molecule has 0 aliphatic carbocycles. The molecule has 27 heavy (non-hydrogen) atoms. The van der Waals surface area contributed by atoms with E-state index in [4.69, 9.17) is 9.47 Å². The van der Waals surface area contributed by atoms with E-state index in [2.05, 4.69) is 10.6 Å². The molecule has 0 radical (unpaired) electrons. The second-order valence-electron chi connectivity index (χ2n) is 6.05. The molecule has 2 aromatic carbocycles. The van der Waals surface area contributed by atoms with Crippen molar-refractivity contribution in [1.29, 1.82) is 0 Å². The molecule has 1 aliphatic rings. The average molecular weight is 373 g/mol. The summed E-state index contributed by atoms with van der Waals surface area (Å²) >= 11 is 0. The van der Waals surface area contributed by atoms with Crippen molar-refractivity contribution in [2.45, 2.75) is 12.5 Å². The Morgan fingerprint density at radius 3 is 2.70 bits per heavy atom. The molecule has 1 aliphatic heterocycles. The van der Waals surface area contributed by atoms with Crippen LogP contribution in [0.1, 0.15) is 6.42 Å². The zero-order valence-corrected chi connectivity index (χ0v) is 15.0. The fourth-order valence-electron chi connectivity index (χ4n) is 2.95. The number of hydrogen-bond donors (Lipinski definition) is 2. The summed E-state index contributed by atoms with van der Waals surface area (Å²) in [4.78, 5) is 26.0. The van der Waals surface area contributed by atoms with Crippen molar-refractivity contribution < 1.29 is 23.5 Å². The number of benzene rings is 2. The summed E-state index contributed by atoms with van der Waals surface area (Å²) in [5, 5.41) is 5.45. The van der Waals surface area contributed by atoms with E-state index in [0.29, 0.717) is 22.9 Å². The number of anilines is 2. The van der Waals surface area contributed by atoms with Crippen LogP contribution in [0.2, 0.25) is 0 Å². The first-order valence-electron chi connectivity index (χ1n) is 8.35. The molecule has 3 rings (SSSR count). The van der Waals surface area contributed by atoms with Crippen LogP contribution < -0.4 is 25.0 Å². The van der Waals surface area contributed by atoms with Crippen molar-refractivity contribution in [3.63, 3.8) is 0 Å². The quantitative estimate of drug-likeness (QED) is 0.845. The minimum Gasteiger partial charge on any atom is -0.497 e. The number of methoxy groups -OCH3 is 2. The summed E-state index contributed by atoms with van der Waals surface area (Å²) in [6.07, 6.45) is 0.138. The van der Waals surface area contributed by atoms with E-state index in [-0.39, 0.29) is 18.9 Å². The Kier molecular flexibility index (Phi) is 5.44. The third kappa shape index (κ3) is 4.28. The highest BCUT2D eigenvalue weighted by molar-refractivity contribution is 5.98. The summed E-state index contributed by atoms with van der Waals surface area (Å²) < 4.78 is 23.8. The van der Waals surface area contributed by atoms with Gasteiger partial charge in [-0.1, -0.05) is 6.07 Å². The fraction of sp³-hybridized carbons (Fsp3) is 0.263. The van der Waals surface area contributed by atoms with Crippen LogP contribution >= 0.6 is 0 Å². The van der Waals surface area contributed by atoms with Gasteiger partial charge in [-0.2, -0.15) is 0 Å². The van der Waals surface area contributed by atoms with Crippen LogP contribution in [0.5, 0.6) is 11.5 Å². The molecule has 1 saturated heterocycles. The molecule has 2 aromatic rings. The summed E-state index contributed by atoms with van der Waals surface area (Å²) in [6.45, 7) is 0.269. The van der Waals surface area contributed by atoms with Gasteiger partial charge in [0.1, 0.15) is 17.3 Å². The number of carbonyl (C=O) groups is 2. The lowest BCUT2D eigenvalue weighted by atomic mass is 10.2. The van der Waals surface area contributed by atoms with E-state index in [1.807, 2.05) is 0 Å². The van der Waals surface area contributed by atoms with Gasteiger partial charge in [0.2, 0.25) is 5.91 Å². The van der Waals surface area contributed by atoms with Gasteiger partial charge in [-0.3, -0.25) is 4.79 Å². The SMILES string of the molecule is COc1ccc(OC)c(NC(=O)N[C@H]2CC(=O)N(c3cccc(F)c3)C2)c1. The molecule has 1 fully saturated rings. The number of carbonyl (C=O) groups excluding carboxylic acids is 2. The zero-order chi connectivity index (χ0) is 19.4. The largest absolute Gasteiger partial charge is 0.497 e. The summed E-state index contributed by atoms with van der Waals surface area (Å²) in [5.41, 5.74) is 0.917. The van der Waals surface area contributed by atoms with Crippen molar-refractivity contribution >= 4 is 23.3 Å². The highest BCUT2D eigenvalue weighted by atomic mass is 19.1. The highest BCUT2D eigenvalue weighted by Gasteiger charge is 2.31. The van der Waals surface area contributed by atoms with Gasteiger partial charge < -0.3 is 25.0 Å². The number of amides is 3. The van der Waals surface area contributed by atoms with E-state index in [1.165, 1.54) is 31.3 Å². The molecule has 0 bridgehead atoms. The molecule has 1 heterocycles. The van der Waals surface area contributed by atoms with Gasteiger partial charge in [0.15, 0.2) is 0 Å². The van der Waals surface area contributed by atoms with E-state index in [0.717, 1.165) is 0 Å². The number of nitrogens with one attached hydrogen (secondary N) is 2. The van der Waals surface area contributed by atoms with Gasteiger partial charge in [0, 0.05) is 24.7 Å². The van der Waals surface area contributed by atoms with Crippen molar-refractivity contribution in [3.8, 4) is 11.5 Å². The molecule has 7 nitrogen and oxygen atoms in total. The maximum absolute atomic E-state index is 13.4. The number of ether oxygens (including phenoxy) is 2. The maximum atomic E-state index is 13.4. The summed E-state index contributed by atoms with van der Waals surface area (Å²) in [7, 11) is 3.02. The van der Waals surface area contributed by atoms with Gasteiger partial charge in [-0.15, -0.1) is 0 Å². The van der Waals surface area contributed by atoms with Gasteiger partial charge in [-0.05, 0) is 30.3 Å². The molecule has 0 spiro atoms. The molecule has 0 aromatic heterocycles. The van der Waals surface area contributed by atoms with Crippen LogP contribution in [-0.4, -0.2) is 38.7 Å². The highest BCUT2D eigenvalue weighted by Crippen LogP contribution is 2.29. The molecule has 0 saturated carbocycles. The Hall–Kier alpha value is -3.29. The second kappa shape index (κ2) is 7.94. The van der Waals surface area contributed by atoms with Gasteiger partial charge in [-0.25, -0.2) is 9.18 Å². The first kappa shape index (κ1) is 18.5. The van der Waals surface area contributed by atoms with Crippen molar-refractivity contribution in [2.75, 3.05) is 31.0 Å². The Morgan fingerprint density at radius 1 is 1.19 bits per heavy atom. The van der Waals surface area contributed by atoms with Crippen molar-refractivity contribution in [2.24, 2.45) is 0 Å². The minimum atomic E-state index is -0.472. The van der Waals surface area contributed by atoms with Crippen LogP contribution in [0.15, 0.2) is 42.5 Å². The number of nitrogens with zero attached hydrogens (tertiary/aromatic N) is 1. The third-order valence-corrected chi connectivity index (χ3v) is 4.23. The Morgan fingerprint density at radius 2 is 2.00 bits per heavy atom. The second-order valence-corrected chi connectivity index (χ2v) is 6.05. The van der Waals surface area contributed by atoms with E-state index < -0.39 is 17.9 Å². The van der Waals surface area contributed by atoms with E-state index in [1.54, 1.807) is 30.3 Å². The monoisotopic (exact) mass is 373 g/mol. The first-order chi connectivity index (χ1) is 13.0. The Balaban J connectivity index is 1.64. The lowest BCUT2D eigenvalue weighted by Crippen LogP contribution is -2.39. The minimum absolute atomic E-state index is 0.138. The van der Waals surface area contributed by atoms with Crippen LogP contribution in [0.4, 0.5) is 20.6 Å². The lowest BCUT2D eigenvalue weighted by molar-refractivity contribution is -0.117.